The van der Waals surface area contributed by atoms with Gasteiger partial charge in [-0.1, -0.05) is 76.4 Å². The largest absolute Gasteiger partial charge is 0.323 e. The fourth-order valence-corrected chi connectivity index (χ4v) is 4.12. The van der Waals surface area contributed by atoms with Gasteiger partial charge in [-0.3, -0.25) is 4.79 Å². The van der Waals surface area contributed by atoms with Gasteiger partial charge >= 0.3 is 0 Å². The summed E-state index contributed by atoms with van der Waals surface area (Å²) >= 11 is 25.4. The van der Waals surface area contributed by atoms with Crippen molar-refractivity contribution in [3.63, 3.8) is 0 Å². The number of thioether (sulfide) groups is 1. The van der Waals surface area contributed by atoms with E-state index in [4.69, 9.17) is 46.4 Å². The standard InChI is InChI=1S/C17H13Cl4N5OS/c1-8-4-3-5-9(2)16(8)26-17(23-24-25-26)28-7-12(27)22-15-13(20)10(18)6-11(19)14(15)21/h3-6H,7H2,1-2H3,(H,22,27). The molecule has 0 aliphatic heterocycles. The average molecular weight is 477 g/mol. The number of rotatable bonds is 5. The van der Waals surface area contributed by atoms with E-state index in [1.54, 1.807) is 4.68 Å². The third-order valence-corrected chi connectivity index (χ3v) is 6.29. The summed E-state index contributed by atoms with van der Waals surface area (Å²) in [6.45, 7) is 3.94. The van der Waals surface area contributed by atoms with Gasteiger partial charge in [-0.25, -0.2) is 0 Å². The second kappa shape index (κ2) is 8.88. The second-order valence-electron chi connectivity index (χ2n) is 5.79. The molecule has 3 aromatic rings. The van der Waals surface area contributed by atoms with E-state index in [9.17, 15) is 4.79 Å². The summed E-state index contributed by atoms with van der Waals surface area (Å²) in [5, 5.41) is 15.5. The summed E-state index contributed by atoms with van der Waals surface area (Å²) < 4.78 is 1.61. The highest BCUT2D eigenvalue weighted by Crippen LogP contribution is 2.41. The van der Waals surface area contributed by atoms with Crippen molar-refractivity contribution < 1.29 is 4.79 Å². The predicted molar refractivity (Wildman–Crippen MR) is 114 cm³/mol. The minimum Gasteiger partial charge on any atom is -0.323 e. The summed E-state index contributed by atoms with van der Waals surface area (Å²) in [5.74, 6) is -0.328. The van der Waals surface area contributed by atoms with Crippen LogP contribution in [0.15, 0.2) is 29.4 Å². The molecule has 0 saturated heterocycles. The van der Waals surface area contributed by atoms with Gasteiger partial charge in [0.15, 0.2) is 0 Å². The summed E-state index contributed by atoms with van der Waals surface area (Å²) in [5.41, 5.74) is 3.08. The normalized spacial score (nSPS) is 10.9. The molecule has 0 radical (unpaired) electrons. The molecule has 2 aromatic carbocycles. The summed E-state index contributed by atoms with van der Waals surface area (Å²) in [6.07, 6.45) is 0. The molecule has 0 atom stereocenters. The summed E-state index contributed by atoms with van der Waals surface area (Å²) in [7, 11) is 0. The minimum absolute atomic E-state index is 0.0299. The number of hydrogen-bond donors (Lipinski definition) is 1. The Balaban J connectivity index is 1.77. The lowest BCUT2D eigenvalue weighted by molar-refractivity contribution is -0.113. The van der Waals surface area contributed by atoms with Gasteiger partial charge in [0.25, 0.3) is 0 Å². The van der Waals surface area contributed by atoms with Crippen LogP contribution in [-0.4, -0.2) is 31.9 Å². The predicted octanol–water partition coefficient (Wildman–Crippen LogP) is 5.62. The molecule has 28 heavy (non-hydrogen) atoms. The second-order valence-corrected chi connectivity index (χ2v) is 8.31. The van der Waals surface area contributed by atoms with Gasteiger partial charge in [-0.15, -0.1) is 5.10 Å². The molecular weight excluding hydrogens is 464 g/mol. The molecule has 0 fully saturated rings. The van der Waals surface area contributed by atoms with Crippen molar-refractivity contribution in [3.8, 4) is 5.69 Å². The molecule has 0 aliphatic rings. The van der Waals surface area contributed by atoms with Crippen LogP contribution in [0.2, 0.25) is 20.1 Å². The number of anilines is 1. The highest BCUT2D eigenvalue weighted by molar-refractivity contribution is 7.99. The summed E-state index contributed by atoms with van der Waals surface area (Å²) in [6, 6.07) is 7.31. The number of hydrogen-bond acceptors (Lipinski definition) is 5. The fraction of sp³-hybridized carbons (Fsp3) is 0.176. The zero-order chi connectivity index (χ0) is 20.4. The van der Waals surface area contributed by atoms with E-state index in [1.165, 1.54) is 17.8 Å². The lowest BCUT2D eigenvalue weighted by Gasteiger charge is -2.12. The Labute approximate surface area is 185 Å². The Bertz CT molecular complexity index is 1010. The number of carbonyl (C=O) groups is 1. The quantitative estimate of drug-likeness (QED) is 0.382. The first-order valence-corrected chi connectivity index (χ1v) is 10.4. The van der Waals surface area contributed by atoms with Crippen molar-refractivity contribution in [3.05, 3.63) is 55.5 Å². The highest BCUT2D eigenvalue weighted by atomic mass is 35.5. The van der Waals surface area contributed by atoms with Gasteiger partial charge in [0, 0.05) is 0 Å². The average Bonchev–Trinajstić information content (AvgIpc) is 3.10. The van der Waals surface area contributed by atoms with Crippen LogP contribution in [0.5, 0.6) is 0 Å². The monoisotopic (exact) mass is 475 g/mol. The molecule has 1 aromatic heterocycles. The van der Waals surface area contributed by atoms with Crippen LogP contribution in [0.3, 0.4) is 0 Å². The third kappa shape index (κ3) is 4.39. The van der Waals surface area contributed by atoms with Crippen molar-refractivity contribution in [1.82, 2.24) is 20.2 Å². The molecule has 0 saturated carbocycles. The van der Waals surface area contributed by atoms with Crippen molar-refractivity contribution in [2.75, 3.05) is 11.1 Å². The molecule has 6 nitrogen and oxygen atoms in total. The van der Waals surface area contributed by atoms with Crippen LogP contribution < -0.4 is 5.32 Å². The minimum atomic E-state index is -0.358. The maximum absolute atomic E-state index is 12.4. The topological polar surface area (TPSA) is 72.7 Å². The Kier molecular flexibility index (Phi) is 6.73. The van der Waals surface area contributed by atoms with Gasteiger partial charge in [0.1, 0.15) is 0 Å². The van der Waals surface area contributed by atoms with Crippen molar-refractivity contribution in [1.29, 1.82) is 0 Å². The summed E-state index contributed by atoms with van der Waals surface area (Å²) in [4.78, 5) is 12.4. The molecule has 1 heterocycles. The number of halogens is 4. The first-order valence-electron chi connectivity index (χ1n) is 7.90. The van der Waals surface area contributed by atoms with E-state index in [1.807, 2.05) is 32.0 Å². The van der Waals surface area contributed by atoms with Crippen LogP contribution in [0.1, 0.15) is 11.1 Å². The lowest BCUT2D eigenvalue weighted by atomic mass is 10.1. The molecule has 0 bridgehead atoms. The third-order valence-electron chi connectivity index (χ3n) is 3.80. The highest BCUT2D eigenvalue weighted by Gasteiger charge is 2.18. The van der Waals surface area contributed by atoms with Gasteiger partial charge in [0.2, 0.25) is 11.1 Å². The molecule has 0 aliphatic carbocycles. The van der Waals surface area contributed by atoms with Gasteiger partial charge in [-0.2, -0.15) is 4.68 Å². The number of aryl methyl sites for hydroxylation is 2. The number of amides is 1. The molecule has 0 unspecified atom stereocenters. The van der Waals surface area contributed by atoms with Crippen molar-refractivity contribution in [2.45, 2.75) is 19.0 Å². The Morgan fingerprint density at radius 2 is 1.71 bits per heavy atom. The van der Waals surface area contributed by atoms with E-state index in [2.05, 4.69) is 20.8 Å². The molecular formula is C17H13Cl4N5OS. The van der Waals surface area contributed by atoms with E-state index in [0.717, 1.165) is 16.8 Å². The van der Waals surface area contributed by atoms with E-state index in [0.29, 0.717) is 5.16 Å². The molecule has 146 valence electrons. The smallest absolute Gasteiger partial charge is 0.234 e. The SMILES string of the molecule is Cc1cccc(C)c1-n1nnnc1SCC(=O)Nc1c(Cl)c(Cl)cc(Cl)c1Cl. The number of para-hydroxylation sites is 1. The maximum Gasteiger partial charge on any atom is 0.234 e. The van der Waals surface area contributed by atoms with Gasteiger partial charge in [0.05, 0.1) is 37.2 Å². The molecule has 3 rings (SSSR count). The zero-order valence-electron chi connectivity index (χ0n) is 14.6. The van der Waals surface area contributed by atoms with Gasteiger partial charge < -0.3 is 5.32 Å². The number of nitrogens with zero attached hydrogens (tertiary/aromatic N) is 4. The first-order chi connectivity index (χ1) is 13.3. The molecule has 0 spiro atoms. The Morgan fingerprint density at radius 1 is 1.11 bits per heavy atom. The van der Waals surface area contributed by atoms with Crippen LogP contribution in [-0.2, 0) is 4.79 Å². The molecule has 1 amide bonds. The van der Waals surface area contributed by atoms with E-state index in [-0.39, 0.29) is 37.4 Å². The number of tetrazole rings is 1. The van der Waals surface area contributed by atoms with E-state index >= 15 is 0 Å². The van der Waals surface area contributed by atoms with Crippen molar-refractivity contribution >= 4 is 69.8 Å². The molecule has 1 N–H and O–H groups in total. The van der Waals surface area contributed by atoms with Gasteiger partial charge in [-0.05, 0) is 41.5 Å². The first kappa shape index (κ1) is 21.2. The Hall–Kier alpha value is -1.51. The Morgan fingerprint density at radius 3 is 2.32 bits per heavy atom. The van der Waals surface area contributed by atoms with E-state index < -0.39 is 0 Å². The lowest BCUT2D eigenvalue weighted by Crippen LogP contribution is -2.15. The number of benzene rings is 2. The van der Waals surface area contributed by atoms with Crippen LogP contribution in [0.4, 0.5) is 5.69 Å². The zero-order valence-corrected chi connectivity index (χ0v) is 18.5. The van der Waals surface area contributed by atoms with Crippen LogP contribution >= 0.6 is 58.2 Å². The maximum atomic E-state index is 12.4. The fourth-order valence-electron chi connectivity index (χ4n) is 2.54. The van der Waals surface area contributed by atoms with Crippen LogP contribution in [0.25, 0.3) is 5.69 Å². The number of carbonyl (C=O) groups excluding carboxylic acids is 1. The number of aromatic nitrogens is 4. The number of nitrogens with one attached hydrogen (secondary N) is 1. The molecule has 11 heteroatoms. The van der Waals surface area contributed by atoms with Crippen LogP contribution in [0, 0.1) is 13.8 Å². The van der Waals surface area contributed by atoms with Crippen molar-refractivity contribution in [2.24, 2.45) is 0 Å².